The number of likely N-dealkylation sites (N-methyl/N-ethyl adjacent to an activating group) is 1. The fourth-order valence-electron chi connectivity index (χ4n) is 2.58. The minimum atomic E-state index is -0.0460. The molecule has 1 aliphatic heterocycles. The van der Waals surface area contributed by atoms with Gasteiger partial charge in [-0.25, -0.2) is 0 Å². The second kappa shape index (κ2) is 6.78. The van der Waals surface area contributed by atoms with Gasteiger partial charge < -0.3 is 4.90 Å². The van der Waals surface area contributed by atoms with Crippen molar-refractivity contribution in [2.75, 3.05) is 32.7 Å². The molecule has 0 amide bonds. The molecule has 0 unspecified atom stereocenters. The number of benzene rings is 1. The molecule has 1 aliphatic rings. The van der Waals surface area contributed by atoms with E-state index in [1.54, 1.807) is 0 Å². The largest absolute Gasteiger partial charge is 0.301 e. The Kier molecular flexibility index (Phi) is 5.31. The van der Waals surface area contributed by atoms with Crippen molar-refractivity contribution in [1.82, 2.24) is 9.80 Å². The maximum Gasteiger partial charge on any atom is 0.0618 e. The molecule has 1 aromatic carbocycles. The molecule has 1 atom stereocenters. The van der Waals surface area contributed by atoms with Gasteiger partial charge in [0.2, 0.25) is 0 Å². The molecule has 105 valence electrons. The molecular weight excluding hydrogens is 252 g/mol. The minimum Gasteiger partial charge on any atom is -0.301 e. The molecule has 1 aromatic rings. The van der Waals surface area contributed by atoms with Crippen LogP contribution in [0.25, 0.3) is 0 Å². The molecule has 1 saturated heterocycles. The van der Waals surface area contributed by atoms with E-state index in [0.717, 1.165) is 39.1 Å². The Hall–Kier alpha value is -0.510. The Balaban J connectivity index is 1.85. The fraction of sp³-hybridized carbons (Fsp3) is 0.562. The molecule has 0 N–H and O–H groups in total. The number of rotatable bonds is 5. The number of nitrogens with zero attached hydrogens (tertiary/aromatic N) is 2. The second-order valence-corrected chi connectivity index (χ2v) is 6.42. The van der Waals surface area contributed by atoms with Crippen LogP contribution in [-0.2, 0) is 0 Å². The van der Waals surface area contributed by atoms with Crippen molar-refractivity contribution < 1.29 is 0 Å². The van der Waals surface area contributed by atoms with Crippen LogP contribution >= 0.6 is 12.6 Å². The zero-order valence-corrected chi connectivity index (χ0v) is 12.9. The maximum atomic E-state index is 4.89. The summed E-state index contributed by atoms with van der Waals surface area (Å²) in [4.78, 5) is 4.96. The van der Waals surface area contributed by atoms with E-state index in [1.807, 2.05) is 0 Å². The van der Waals surface area contributed by atoms with Crippen molar-refractivity contribution in [1.29, 1.82) is 0 Å². The van der Waals surface area contributed by atoms with E-state index in [9.17, 15) is 0 Å². The highest BCUT2D eigenvalue weighted by atomic mass is 32.1. The Bertz CT molecular complexity index is 370. The summed E-state index contributed by atoms with van der Waals surface area (Å²) in [5.41, 5.74) is 1.29. The summed E-state index contributed by atoms with van der Waals surface area (Å²) in [5, 5.41) is 0. The molecule has 0 aliphatic carbocycles. The Labute approximate surface area is 123 Å². The number of thiol groups is 1. The average molecular weight is 277 g/mol. The van der Waals surface area contributed by atoms with Gasteiger partial charge in [-0.1, -0.05) is 37.3 Å². The van der Waals surface area contributed by atoms with Crippen molar-refractivity contribution in [2.24, 2.45) is 0 Å². The average Bonchev–Trinajstić information content (AvgIpc) is 2.46. The van der Waals surface area contributed by atoms with Crippen LogP contribution in [0, 0.1) is 6.42 Å². The summed E-state index contributed by atoms with van der Waals surface area (Å²) < 4.78 is 0. The highest BCUT2D eigenvalue weighted by Crippen LogP contribution is 2.27. The van der Waals surface area contributed by atoms with Crippen molar-refractivity contribution >= 4 is 12.6 Å². The van der Waals surface area contributed by atoms with Gasteiger partial charge in [0.05, 0.1) is 4.87 Å². The van der Waals surface area contributed by atoms with Crippen molar-refractivity contribution in [3.8, 4) is 0 Å². The first-order valence-corrected chi connectivity index (χ1v) is 7.64. The third kappa shape index (κ3) is 4.23. The van der Waals surface area contributed by atoms with Gasteiger partial charge in [0.15, 0.2) is 0 Å². The minimum absolute atomic E-state index is 0.0460. The molecule has 0 bridgehead atoms. The van der Waals surface area contributed by atoms with Crippen LogP contribution < -0.4 is 0 Å². The molecule has 2 rings (SSSR count). The van der Waals surface area contributed by atoms with Crippen molar-refractivity contribution in [3.05, 3.63) is 42.3 Å². The highest BCUT2D eigenvalue weighted by molar-refractivity contribution is 7.81. The summed E-state index contributed by atoms with van der Waals surface area (Å²) >= 11 is 4.89. The third-order valence-electron chi connectivity index (χ3n) is 4.02. The van der Waals surface area contributed by atoms with E-state index in [2.05, 4.69) is 60.4 Å². The van der Waals surface area contributed by atoms with Crippen LogP contribution in [0.1, 0.15) is 25.8 Å². The smallest absolute Gasteiger partial charge is 0.0618 e. The normalized spacial score (nSPS) is 21.2. The number of hydrogen-bond donors (Lipinski definition) is 1. The van der Waals surface area contributed by atoms with Crippen LogP contribution in [0.3, 0.4) is 0 Å². The van der Waals surface area contributed by atoms with Crippen molar-refractivity contribution in [3.63, 3.8) is 0 Å². The van der Waals surface area contributed by atoms with Gasteiger partial charge in [-0.15, -0.1) is 0 Å². The predicted molar refractivity (Wildman–Crippen MR) is 85.5 cm³/mol. The lowest BCUT2D eigenvalue weighted by Gasteiger charge is -2.43. The van der Waals surface area contributed by atoms with Gasteiger partial charge >= 0.3 is 0 Å². The van der Waals surface area contributed by atoms with Crippen LogP contribution in [0.5, 0.6) is 0 Å². The van der Waals surface area contributed by atoms with E-state index in [-0.39, 0.29) is 4.87 Å². The summed E-state index contributed by atoms with van der Waals surface area (Å²) in [5.74, 6) is 0. The topological polar surface area (TPSA) is 6.48 Å². The molecule has 19 heavy (non-hydrogen) atoms. The van der Waals surface area contributed by atoms with Crippen LogP contribution in [0.15, 0.2) is 30.3 Å². The van der Waals surface area contributed by atoms with Gasteiger partial charge in [-0.05, 0) is 31.9 Å². The van der Waals surface area contributed by atoms with E-state index in [1.165, 1.54) is 5.56 Å². The van der Waals surface area contributed by atoms with Gasteiger partial charge in [0, 0.05) is 26.2 Å². The molecule has 1 heterocycles. The molecule has 1 radical (unpaired) electrons. The standard InChI is InChI=1S/C16H25N2S/c1-3-17-11-13-18(14-12-17)16(2,19)10-9-15-7-5-4-6-8-15/h4-9,19H,3,10-14H2,1-2H3/t16-/m1/s1. The Morgan fingerprint density at radius 2 is 1.79 bits per heavy atom. The van der Waals surface area contributed by atoms with Gasteiger partial charge in [-0.2, -0.15) is 12.6 Å². The maximum absolute atomic E-state index is 4.89. The molecule has 0 spiro atoms. The van der Waals surface area contributed by atoms with Crippen LogP contribution in [0.4, 0.5) is 0 Å². The van der Waals surface area contributed by atoms with E-state index < -0.39 is 0 Å². The van der Waals surface area contributed by atoms with Gasteiger partial charge in [0.25, 0.3) is 0 Å². The SMILES string of the molecule is CCN1CCN([C@](C)(S)C[CH]c2ccccc2)CC1. The van der Waals surface area contributed by atoms with Gasteiger partial charge in [0.1, 0.15) is 0 Å². The first-order valence-electron chi connectivity index (χ1n) is 7.20. The first-order chi connectivity index (χ1) is 9.12. The Morgan fingerprint density at radius 3 is 2.37 bits per heavy atom. The third-order valence-corrected chi connectivity index (χ3v) is 4.49. The summed E-state index contributed by atoms with van der Waals surface area (Å²) in [6.07, 6.45) is 3.27. The molecular formula is C16H25N2S. The predicted octanol–water partition coefficient (Wildman–Crippen LogP) is 2.91. The van der Waals surface area contributed by atoms with Gasteiger partial charge in [-0.3, -0.25) is 4.90 Å². The number of piperazine rings is 1. The van der Waals surface area contributed by atoms with Crippen LogP contribution in [-0.4, -0.2) is 47.4 Å². The molecule has 0 saturated carbocycles. The lowest BCUT2D eigenvalue weighted by molar-refractivity contribution is 0.0918. The highest BCUT2D eigenvalue weighted by Gasteiger charge is 2.30. The van der Waals surface area contributed by atoms with Crippen molar-refractivity contribution in [2.45, 2.75) is 25.1 Å². The Morgan fingerprint density at radius 1 is 1.16 bits per heavy atom. The van der Waals surface area contributed by atoms with E-state index in [0.29, 0.717) is 0 Å². The summed E-state index contributed by atoms with van der Waals surface area (Å²) in [7, 11) is 0. The van der Waals surface area contributed by atoms with Crippen LogP contribution in [0.2, 0.25) is 0 Å². The number of hydrogen-bond acceptors (Lipinski definition) is 3. The van der Waals surface area contributed by atoms with E-state index >= 15 is 0 Å². The molecule has 1 fully saturated rings. The zero-order chi connectivity index (χ0) is 13.7. The molecule has 3 heteroatoms. The quantitative estimate of drug-likeness (QED) is 0.827. The second-order valence-electron chi connectivity index (χ2n) is 5.46. The van der Waals surface area contributed by atoms with E-state index in [4.69, 9.17) is 12.6 Å². The zero-order valence-electron chi connectivity index (χ0n) is 12.0. The molecule has 2 nitrogen and oxygen atoms in total. The lowest BCUT2D eigenvalue weighted by atomic mass is 10.0. The monoisotopic (exact) mass is 277 g/mol. The lowest BCUT2D eigenvalue weighted by Crippen LogP contribution is -2.53. The first kappa shape index (κ1) is 14.9. The molecule has 0 aromatic heterocycles. The summed E-state index contributed by atoms with van der Waals surface area (Å²) in [6.45, 7) is 10.2. The summed E-state index contributed by atoms with van der Waals surface area (Å²) in [6, 6.07) is 10.5. The fourth-order valence-corrected chi connectivity index (χ4v) is 2.87.